The number of nitrogens with zero attached hydrogens (tertiary/aromatic N) is 5. The first-order valence-electron chi connectivity index (χ1n) is 12.0. The Balaban J connectivity index is 1.40. The maximum atomic E-state index is 11.4. The smallest absolute Gasteiger partial charge is 0.227 e. The van der Waals surface area contributed by atoms with E-state index in [4.69, 9.17) is 9.47 Å². The Bertz CT molecular complexity index is 1350. The summed E-state index contributed by atoms with van der Waals surface area (Å²) in [5, 5.41) is 12.8. The fourth-order valence-electron chi connectivity index (χ4n) is 3.83. The van der Waals surface area contributed by atoms with Crippen molar-refractivity contribution in [2.24, 2.45) is 0 Å². The molecule has 0 aliphatic carbocycles. The van der Waals surface area contributed by atoms with E-state index in [-0.39, 0.29) is 11.9 Å². The van der Waals surface area contributed by atoms with Crippen molar-refractivity contribution in [2.45, 2.75) is 25.5 Å². The lowest BCUT2D eigenvalue weighted by molar-refractivity contribution is 0.0254. The Morgan fingerprint density at radius 2 is 2.00 bits per heavy atom. The number of hydrogen-bond acceptors (Lipinski definition) is 10. The van der Waals surface area contributed by atoms with Crippen molar-refractivity contribution in [3.63, 3.8) is 0 Å². The summed E-state index contributed by atoms with van der Waals surface area (Å²) in [5.41, 5.74) is 3.45. The van der Waals surface area contributed by atoms with Gasteiger partial charge in [0.2, 0.25) is 5.95 Å². The number of rotatable bonds is 10. The van der Waals surface area contributed by atoms with Gasteiger partial charge in [-0.15, -0.1) is 0 Å². The number of ether oxygens (including phenoxy) is 2. The molecule has 1 aromatic carbocycles. The molecule has 0 unspecified atom stereocenters. The van der Waals surface area contributed by atoms with Crippen molar-refractivity contribution >= 4 is 21.5 Å². The summed E-state index contributed by atoms with van der Waals surface area (Å²) in [4.78, 5) is 15.3. The number of sulfone groups is 1. The first-order chi connectivity index (χ1) is 17.8. The minimum absolute atomic E-state index is 0.0504. The van der Waals surface area contributed by atoms with E-state index < -0.39 is 9.84 Å². The maximum absolute atomic E-state index is 11.4. The SMILES string of the molecule is CN(CCS(C)(=O)=O)Cc1ccc(Nc2nccc(-c3ccc(OC4CCOCC4)c(C#N)c3)n2)cn1. The number of hydrogen-bond donors (Lipinski definition) is 1. The maximum Gasteiger partial charge on any atom is 0.227 e. The molecule has 0 atom stereocenters. The molecule has 4 rings (SSSR count). The van der Waals surface area contributed by atoms with Crippen LogP contribution in [0.1, 0.15) is 24.1 Å². The van der Waals surface area contributed by atoms with E-state index in [0.29, 0.717) is 49.3 Å². The van der Waals surface area contributed by atoms with Crippen LogP contribution in [0.2, 0.25) is 0 Å². The molecule has 10 nitrogen and oxygen atoms in total. The fourth-order valence-corrected chi connectivity index (χ4v) is 4.47. The van der Waals surface area contributed by atoms with Crippen LogP contribution in [0.25, 0.3) is 11.3 Å². The molecule has 0 saturated carbocycles. The third-order valence-electron chi connectivity index (χ3n) is 5.87. The van der Waals surface area contributed by atoms with Crippen molar-refractivity contribution in [1.82, 2.24) is 19.9 Å². The third-order valence-corrected chi connectivity index (χ3v) is 6.79. The Morgan fingerprint density at radius 3 is 2.70 bits per heavy atom. The molecule has 1 saturated heterocycles. The molecule has 1 fully saturated rings. The predicted octanol–water partition coefficient (Wildman–Crippen LogP) is 3.19. The zero-order valence-corrected chi connectivity index (χ0v) is 21.7. The molecule has 0 amide bonds. The van der Waals surface area contributed by atoms with Gasteiger partial charge >= 0.3 is 0 Å². The van der Waals surface area contributed by atoms with Crippen molar-refractivity contribution in [3.8, 4) is 23.1 Å². The van der Waals surface area contributed by atoms with Gasteiger partial charge < -0.3 is 14.8 Å². The molecular weight excluding hydrogens is 492 g/mol. The summed E-state index contributed by atoms with van der Waals surface area (Å²) in [6.45, 7) is 2.32. The molecule has 1 aliphatic heterocycles. The van der Waals surface area contributed by atoms with Crippen molar-refractivity contribution < 1.29 is 17.9 Å². The summed E-state index contributed by atoms with van der Waals surface area (Å²) < 4.78 is 34.1. The molecular formula is C26H30N6O4S. The molecule has 194 valence electrons. The van der Waals surface area contributed by atoms with Crippen LogP contribution in [-0.2, 0) is 21.1 Å². The lowest BCUT2D eigenvalue weighted by atomic mass is 10.1. The number of benzene rings is 1. The second-order valence-electron chi connectivity index (χ2n) is 9.05. The van der Waals surface area contributed by atoms with Crippen LogP contribution in [0, 0.1) is 11.3 Å². The van der Waals surface area contributed by atoms with E-state index in [9.17, 15) is 13.7 Å². The zero-order chi connectivity index (χ0) is 26.3. The summed E-state index contributed by atoms with van der Waals surface area (Å²) in [6.07, 6.45) is 6.24. The summed E-state index contributed by atoms with van der Waals surface area (Å²) in [5.74, 6) is 1.08. The average Bonchev–Trinajstić information content (AvgIpc) is 2.89. The highest BCUT2D eigenvalue weighted by molar-refractivity contribution is 7.90. The second-order valence-corrected chi connectivity index (χ2v) is 11.3. The van der Waals surface area contributed by atoms with Gasteiger partial charge in [-0.25, -0.2) is 18.4 Å². The highest BCUT2D eigenvalue weighted by Crippen LogP contribution is 2.28. The number of nitriles is 1. The lowest BCUT2D eigenvalue weighted by Crippen LogP contribution is -2.26. The van der Waals surface area contributed by atoms with E-state index in [1.807, 2.05) is 36.2 Å². The van der Waals surface area contributed by atoms with Gasteiger partial charge in [0.05, 0.1) is 47.8 Å². The van der Waals surface area contributed by atoms with Gasteiger partial charge in [0.15, 0.2) is 0 Å². The first-order valence-corrected chi connectivity index (χ1v) is 14.1. The Hall–Kier alpha value is -3.59. The molecule has 1 aliphatic rings. The van der Waals surface area contributed by atoms with Crippen LogP contribution in [-0.4, -0.2) is 73.2 Å². The monoisotopic (exact) mass is 522 g/mol. The van der Waals surface area contributed by atoms with Gasteiger partial charge in [-0.2, -0.15) is 5.26 Å². The van der Waals surface area contributed by atoms with E-state index in [1.54, 1.807) is 24.5 Å². The molecule has 3 heterocycles. The Labute approximate surface area is 217 Å². The second kappa shape index (κ2) is 12.1. The van der Waals surface area contributed by atoms with E-state index in [1.165, 1.54) is 6.26 Å². The molecule has 3 aromatic rings. The normalized spacial score (nSPS) is 14.3. The van der Waals surface area contributed by atoms with Crippen LogP contribution in [0.5, 0.6) is 5.75 Å². The highest BCUT2D eigenvalue weighted by atomic mass is 32.2. The standard InChI is InChI=1S/C26H30N6O4S/c1-32(11-14-37(2,33)34)18-22-5-4-21(17-29-22)30-26-28-10-7-24(31-26)19-3-6-25(20(15-19)16-27)36-23-8-12-35-13-9-23/h3-7,10,15,17,23H,8-9,11-14,18H2,1-2H3,(H,28,30,31). The molecule has 0 bridgehead atoms. The van der Waals surface area contributed by atoms with Crippen LogP contribution >= 0.6 is 0 Å². The molecule has 0 radical (unpaired) electrons. The molecule has 1 N–H and O–H groups in total. The largest absolute Gasteiger partial charge is 0.489 e. The van der Waals surface area contributed by atoms with Gasteiger partial charge in [-0.3, -0.25) is 9.88 Å². The van der Waals surface area contributed by atoms with Crippen molar-refractivity contribution in [3.05, 3.63) is 60.0 Å². The number of pyridine rings is 1. The summed E-state index contributed by atoms with van der Waals surface area (Å²) >= 11 is 0. The Kier molecular flexibility index (Phi) is 8.66. The van der Waals surface area contributed by atoms with Crippen LogP contribution < -0.4 is 10.1 Å². The minimum Gasteiger partial charge on any atom is -0.489 e. The summed E-state index contributed by atoms with van der Waals surface area (Å²) in [6, 6.07) is 13.2. The van der Waals surface area contributed by atoms with Gasteiger partial charge in [0.1, 0.15) is 27.8 Å². The molecule has 2 aromatic heterocycles. The van der Waals surface area contributed by atoms with E-state index in [0.717, 1.165) is 29.8 Å². The van der Waals surface area contributed by atoms with Crippen molar-refractivity contribution in [2.75, 3.05) is 44.1 Å². The number of aromatic nitrogens is 3. The third kappa shape index (κ3) is 7.95. The number of anilines is 2. The van der Waals surface area contributed by atoms with E-state index in [2.05, 4.69) is 26.3 Å². The lowest BCUT2D eigenvalue weighted by Gasteiger charge is -2.23. The molecule has 11 heteroatoms. The quantitative estimate of drug-likeness (QED) is 0.423. The van der Waals surface area contributed by atoms with Crippen LogP contribution in [0.4, 0.5) is 11.6 Å². The topological polar surface area (TPSA) is 130 Å². The van der Waals surface area contributed by atoms with Gasteiger partial charge in [0, 0.05) is 43.9 Å². The van der Waals surface area contributed by atoms with Crippen LogP contribution in [0.15, 0.2) is 48.8 Å². The van der Waals surface area contributed by atoms with Gasteiger partial charge in [0.25, 0.3) is 0 Å². The summed E-state index contributed by atoms with van der Waals surface area (Å²) in [7, 11) is -1.14. The van der Waals surface area contributed by atoms with Crippen molar-refractivity contribution in [1.29, 1.82) is 5.26 Å². The van der Waals surface area contributed by atoms with Crippen LogP contribution in [0.3, 0.4) is 0 Å². The molecule has 37 heavy (non-hydrogen) atoms. The number of nitrogens with one attached hydrogen (secondary N) is 1. The zero-order valence-electron chi connectivity index (χ0n) is 20.9. The fraction of sp³-hybridized carbons (Fsp3) is 0.385. The first kappa shape index (κ1) is 26.5. The predicted molar refractivity (Wildman–Crippen MR) is 140 cm³/mol. The average molecular weight is 523 g/mol. The molecule has 0 spiro atoms. The van der Waals surface area contributed by atoms with E-state index >= 15 is 0 Å². The van der Waals surface area contributed by atoms with Gasteiger partial charge in [-0.1, -0.05) is 0 Å². The highest BCUT2D eigenvalue weighted by Gasteiger charge is 2.17. The minimum atomic E-state index is -3.00. The van der Waals surface area contributed by atoms with Gasteiger partial charge in [-0.05, 0) is 43.4 Å². The Morgan fingerprint density at radius 1 is 1.19 bits per heavy atom.